The minimum absolute atomic E-state index is 0.00370. The van der Waals surface area contributed by atoms with E-state index in [2.05, 4.69) is 0 Å². The number of nitrogens with two attached hydrogens (primary N) is 2. The second-order valence-corrected chi connectivity index (χ2v) is 9.85. The van der Waals surface area contributed by atoms with Gasteiger partial charge in [0.2, 0.25) is 0 Å². The second-order valence-electron chi connectivity index (χ2n) is 9.85. The van der Waals surface area contributed by atoms with Gasteiger partial charge in [-0.25, -0.2) is 9.59 Å². The molecule has 10 heteroatoms. The van der Waals surface area contributed by atoms with E-state index in [1.807, 2.05) is 74.5 Å². The van der Waals surface area contributed by atoms with Gasteiger partial charge in [0.15, 0.2) is 12.2 Å². The van der Waals surface area contributed by atoms with E-state index in [4.69, 9.17) is 42.1 Å². The monoisotopic (exact) mass is 606 g/mol. The Labute approximate surface area is 257 Å². The highest BCUT2D eigenvalue weighted by Gasteiger charge is 2.14. The topological polar surface area (TPSA) is 208 Å². The fourth-order valence-corrected chi connectivity index (χ4v) is 3.50. The number of hydrogen-bond donors (Lipinski definition) is 8. The van der Waals surface area contributed by atoms with Crippen molar-refractivity contribution in [1.82, 2.24) is 0 Å². The highest BCUT2D eigenvalue weighted by Crippen LogP contribution is 2.13. The lowest BCUT2D eigenvalue weighted by Crippen LogP contribution is -2.21. The molecule has 10 nitrogen and oxygen atoms in total. The number of phenolic OH excluding ortho intramolecular Hbond substituents is 2. The van der Waals surface area contributed by atoms with Crippen LogP contribution in [-0.4, -0.2) is 54.8 Å². The molecular weight excluding hydrogens is 564 g/mol. The molecule has 0 aliphatic carbocycles. The lowest BCUT2D eigenvalue weighted by atomic mass is 10.1. The third-order valence-corrected chi connectivity index (χ3v) is 5.90. The van der Waals surface area contributed by atoms with Crippen molar-refractivity contribution in [2.45, 2.75) is 51.0 Å². The van der Waals surface area contributed by atoms with E-state index in [0.717, 1.165) is 0 Å². The van der Waals surface area contributed by atoms with Crippen LogP contribution in [0.1, 0.15) is 48.2 Å². The van der Waals surface area contributed by atoms with Crippen LogP contribution < -0.4 is 11.5 Å². The maximum Gasteiger partial charge on any atom is 0.332 e. The fraction of sp³-hybridized carbons (Fsp3) is 0.235. The van der Waals surface area contributed by atoms with Crippen molar-refractivity contribution in [2.75, 3.05) is 0 Å². The van der Waals surface area contributed by atoms with Crippen LogP contribution in [0.2, 0.25) is 0 Å². The molecule has 1 unspecified atom stereocenters. The Kier molecular flexibility index (Phi) is 17.1. The van der Waals surface area contributed by atoms with Crippen LogP contribution in [0.3, 0.4) is 0 Å². The van der Waals surface area contributed by atoms with E-state index in [9.17, 15) is 9.59 Å². The van der Waals surface area contributed by atoms with Crippen molar-refractivity contribution in [3.63, 3.8) is 0 Å². The van der Waals surface area contributed by atoms with Gasteiger partial charge >= 0.3 is 11.9 Å². The summed E-state index contributed by atoms with van der Waals surface area (Å²) in [5, 5.41) is 52.9. The number of aliphatic hydroxyl groups is 2. The van der Waals surface area contributed by atoms with E-state index >= 15 is 0 Å². The van der Waals surface area contributed by atoms with Crippen LogP contribution in [0, 0.1) is 0 Å². The van der Waals surface area contributed by atoms with E-state index in [1.165, 1.54) is 35.4 Å². The van der Waals surface area contributed by atoms with Gasteiger partial charge in [0, 0.05) is 24.9 Å². The Morgan fingerprint density at radius 1 is 0.568 bits per heavy atom. The first-order valence-corrected chi connectivity index (χ1v) is 13.8. The summed E-state index contributed by atoms with van der Waals surface area (Å²) in [7, 11) is 0. The number of aliphatic carboxylic acids is 2. The number of aromatic hydroxyl groups is 2. The zero-order valence-electron chi connectivity index (χ0n) is 24.8. The predicted molar refractivity (Wildman–Crippen MR) is 169 cm³/mol. The zero-order valence-corrected chi connectivity index (χ0v) is 24.8. The van der Waals surface area contributed by atoms with Gasteiger partial charge in [0.25, 0.3) is 0 Å². The third kappa shape index (κ3) is 16.0. The molecular formula is C34H42N2O8. The standard InChI is InChI=1S/2C9H10O4.2C8H11N/c2*10-7-3-1-2-6(4-7)5-8(11)9(12)13;2*1-7(9)8-5-3-2-4-6-8/h2*1-4,8,10-11H,5H2,(H,12,13);2*2-7H,9H2,1H3/t8-;;2*7-/m0.00/s1. The zero-order chi connectivity index (χ0) is 33.1. The molecule has 4 aromatic carbocycles. The summed E-state index contributed by atoms with van der Waals surface area (Å²) in [4.78, 5) is 20.6. The van der Waals surface area contributed by atoms with Gasteiger partial charge in [-0.15, -0.1) is 0 Å². The number of carboxylic acid groups (broad SMARTS) is 2. The van der Waals surface area contributed by atoms with Crippen LogP contribution >= 0.6 is 0 Å². The van der Waals surface area contributed by atoms with Crippen molar-refractivity contribution in [1.29, 1.82) is 0 Å². The Morgan fingerprint density at radius 3 is 1.11 bits per heavy atom. The molecule has 4 aromatic rings. The number of aliphatic hydroxyl groups excluding tert-OH is 2. The SMILES string of the molecule is C[C@H](N)c1ccccc1.C[C@H](N)c1ccccc1.O=C(O)C(O)Cc1cccc(O)c1.O=C(O)[C@@H](O)Cc1cccc(O)c1. The van der Waals surface area contributed by atoms with E-state index in [1.54, 1.807) is 24.3 Å². The highest BCUT2D eigenvalue weighted by atomic mass is 16.4. The van der Waals surface area contributed by atoms with Crippen LogP contribution in [0.4, 0.5) is 0 Å². The molecule has 0 amide bonds. The van der Waals surface area contributed by atoms with Crippen molar-refractivity contribution in [3.05, 3.63) is 131 Å². The minimum atomic E-state index is -1.42. The molecule has 0 fully saturated rings. The van der Waals surface area contributed by atoms with Gasteiger partial charge in [0.1, 0.15) is 11.5 Å². The van der Waals surface area contributed by atoms with Gasteiger partial charge in [-0.1, -0.05) is 84.9 Å². The molecule has 10 N–H and O–H groups in total. The molecule has 4 rings (SSSR count). The number of benzene rings is 4. The van der Waals surface area contributed by atoms with Crippen LogP contribution in [0.15, 0.2) is 109 Å². The van der Waals surface area contributed by atoms with Crippen molar-refractivity contribution in [3.8, 4) is 11.5 Å². The molecule has 4 atom stereocenters. The summed E-state index contributed by atoms with van der Waals surface area (Å²) in [5.74, 6) is -2.39. The van der Waals surface area contributed by atoms with Crippen molar-refractivity contribution in [2.24, 2.45) is 11.5 Å². The average Bonchev–Trinajstić information content (AvgIpc) is 2.99. The number of hydrogen-bond acceptors (Lipinski definition) is 8. The van der Waals surface area contributed by atoms with Crippen LogP contribution in [-0.2, 0) is 22.4 Å². The molecule has 236 valence electrons. The van der Waals surface area contributed by atoms with Gasteiger partial charge in [0.05, 0.1) is 0 Å². The molecule has 0 aliphatic heterocycles. The Hall–Kier alpha value is -4.74. The second kappa shape index (κ2) is 20.2. The number of phenols is 2. The van der Waals surface area contributed by atoms with E-state index in [-0.39, 0.29) is 36.4 Å². The molecule has 0 heterocycles. The summed E-state index contributed by atoms with van der Waals surface area (Å²) in [6.07, 6.45) is -2.82. The molecule has 0 aliphatic rings. The van der Waals surface area contributed by atoms with Crippen LogP contribution in [0.5, 0.6) is 11.5 Å². The first-order chi connectivity index (χ1) is 20.8. The van der Waals surface area contributed by atoms with Gasteiger partial charge in [-0.2, -0.15) is 0 Å². The van der Waals surface area contributed by atoms with Gasteiger partial charge in [-0.3, -0.25) is 0 Å². The summed E-state index contributed by atoms with van der Waals surface area (Å²) in [6, 6.07) is 32.7. The van der Waals surface area contributed by atoms with E-state index in [0.29, 0.717) is 11.1 Å². The highest BCUT2D eigenvalue weighted by molar-refractivity contribution is 5.72. The molecule has 0 saturated carbocycles. The molecule has 0 radical (unpaired) electrons. The predicted octanol–water partition coefficient (Wildman–Crippen LogP) is 4.17. The molecule has 0 aromatic heterocycles. The van der Waals surface area contributed by atoms with Crippen molar-refractivity contribution >= 4 is 11.9 Å². The Morgan fingerprint density at radius 2 is 0.886 bits per heavy atom. The maximum atomic E-state index is 10.3. The lowest BCUT2D eigenvalue weighted by Gasteiger charge is -2.05. The number of carbonyl (C=O) groups is 2. The normalized spacial score (nSPS) is 12.7. The molecule has 44 heavy (non-hydrogen) atoms. The van der Waals surface area contributed by atoms with Gasteiger partial charge in [-0.05, 0) is 60.4 Å². The summed E-state index contributed by atoms with van der Waals surface area (Å²) >= 11 is 0. The summed E-state index contributed by atoms with van der Waals surface area (Å²) in [5.41, 5.74) is 14.8. The molecule has 0 bridgehead atoms. The largest absolute Gasteiger partial charge is 0.508 e. The third-order valence-electron chi connectivity index (χ3n) is 5.90. The minimum Gasteiger partial charge on any atom is -0.508 e. The van der Waals surface area contributed by atoms with Gasteiger partial charge < -0.3 is 42.1 Å². The van der Waals surface area contributed by atoms with E-state index < -0.39 is 24.1 Å². The summed E-state index contributed by atoms with van der Waals surface area (Å²) in [6.45, 7) is 3.96. The number of rotatable bonds is 8. The smallest absolute Gasteiger partial charge is 0.332 e. The maximum absolute atomic E-state index is 10.3. The summed E-state index contributed by atoms with van der Waals surface area (Å²) < 4.78 is 0. The first kappa shape index (κ1) is 37.3. The molecule has 0 saturated heterocycles. The van der Waals surface area contributed by atoms with Crippen molar-refractivity contribution < 1.29 is 40.2 Å². The fourth-order valence-electron chi connectivity index (χ4n) is 3.50. The number of carboxylic acids is 2. The first-order valence-electron chi connectivity index (χ1n) is 13.8. The van der Waals surface area contributed by atoms with Crippen LogP contribution in [0.25, 0.3) is 0 Å². The molecule has 0 spiro atoms. The average molecular weight is 607 g/mol. The Bertz CT molecular complexity index is 1280. The lowest BCUT2D eigenvalue weighted by molar-refractivity contribution is -0.147. The Balaban J connectivity index is 0.000000298. The quantitative estimate of drug-likeness (QED) is 0.144.